The van der Waals surface area contributed by atoms with Crippen molar-refractivity contribution < 1.29 is 9.63 Å². The molecule has 6 heteroatoms. The van der Waals surface area contributed by atoms with Crippen LogP contribution >= 0.6 is 0 Å². The number of benzene rings is 2. The number of hydrogen-bond acceptors (Lipinski definition) is 5. The molecule has 0 saturated carbocycles. The Hall–Kier alpha value is -3.25. The molecule has 0 atom stereocenters. The number of nitrogens with zero attached hydrogens (tertiary/aromatic N) is 4. The predicted octanol–water partition coefficient (Wildman–Crippen LogP) is 5.48. The van der Waals surface area contributed by atoms with E-state index in [0.29, 0.717) is 24.0 Å². The van der Waals surface area contributed by atoms with E-state index < -0.39 is 5.60 Å². The molecule has 0 fully saturated rings. The van der Waals surface area contributed by atoms with Crippen molar-refractivity contribution in [2.45, 2.75) is 59.1 Å². The van der Waals surface area contributed by atoms with Crippen LogP contribution in [0.3, 0.4) is 0 Å². The highest BCUT2D eigenvalue weighted by molar-refractivity contribution is 5.58. The Morgan fingerprint density at radius 3 is 2.31 bits per heavy atom. The van der Waals surface area contributed by atoms with Gasteiger partial charge in [0.1, 0.15) is 0 Å². The summed E-state index contributed by atoms with van der Waals surface area (Å²) < 4.78 is 7.42. The monoisotopic (exact) mass is 430 g/mol. The topological polar surface area (TPSA) is 77.0 Å². The molecule has 6 nitrogen and oxygen atoms in total. The Balaban J connectivity index is 1.56. The minimum atomic E-state index is -0.883. The lowest BCUT2D eigenvalue weighted by atomic mass is 9.87. The Morgan fingerprint density at radius 2 is 1.66 bits per heavy atom. The molecule has 4 aromatic rings. The average Bonchev–Trinajstić information content (AvgIpc) is 3.34. The molecular formula is C26H30N4O2. The van der Waals surface area contributed by atoms with Crippen molar-refractivity contribution in [3.05, 3.63) is 77.0 Å². The van der Waals surface area contributed by atoms with E-state index in [2.05, 4.69) is 48.1 Å². The molecule has 0 aliphatic heterocycles. The zero-order valence-corrected chi connectivity index (χ0v) is 19.5. The second-order valence-electron chi connectivity index (χ2n) is 9.84. The van der Waals surface area contributed by atoms with Crippen LogP contribution in [0.25, 0.3) is 23.0 Å². The zero-order valence-electron chi connectivity index (χ0n) is 19.5. The number of hydrogen-bond donors (Lipinski definition) is 1. The van der Waals surface area contributed by atoms with Gasteiger partial charge in [-0.2, -0.15) is 10.1 Å². The Labute approximate surface area is 188 Å². The smallest absolute Gasteiger partial charge is 0.278 e. The third-order valence-corrected chi connectivity index (χ3v) is 5.60. The zero-order chi connectivity index (χ0) is 23.1. The Kier molecular flexibility index (Phi) is 5.51. The molecule has 2 aromatic heterocycles. The Morgan fingerprint density at radius 1 is 0.938 bits per heavy atom. The van der Waals surface area contributed by atoms with E-state index in [1.54, 1.807) is 13.8 Å². The first-order valence-electron chi connectivity index (χ1n) is 10.8. The van der Waals surface area contributed by atoms with Gasteiger partial charge in [-0.25, -0.2) is 0 Å². The van der Waals surface area contributed by atoms with Crippen molar-refractivity contribution in [1.29, 1.82) is 0 Å². The van der Waals surface area contributed by atoms with Crippen LogP contribution in [-0.2, 0) is 17.6 Å². The van der Waals surface area contributed by atoms with Gasteiger partial charge in [0.25, 0.3) is 5.89 Å². The van der Waals surface area contributed by atoms with Gasteiger partial charge in [-0.3, -0.25) is 4.68 Å². The van der Waals surface area contributed by atoms with Crippen LogP contribution in [0.5, 0.6) is 0 Å². The predicted molar refractivity (Wildman–Crippen MR) is 125 cm³/mol. The molecule has 0 saturated heterocycles. The van der Waals surface area contributed by atoms with E-state index in [1.165, 1.54) is 5.56 Å². The van der Waals surface area contributed by atoms with Crippen LogP contribution < -0.4 is 0 Å². The fourth-order valence-electron chi connectivity index (χ4n) is 3.56. The number of aryl methyl sites for hydroxylation is 1. The van der Waals surface area contributed by atoms with E-state index >= 15 is 0 Å². The van der Waals surface area contributed by atoms with Gasteiger partial charge in [-0.05, 0) is 48.9 Å². The summed E-state index contributed by atoms with van der Waals surface area (Å²) in [6.07, 6.45) is 0. The molecule has 2 heterocycles. The minimum Gasteiger partial charge on any atom is -0.386 e. The van der Waals surface area contributed by atoms with Crippen molar-refractivity contribution in [2.75, 3.05) is 0 Å². The summed E-state index contributed by atoms with van der Waals surface area (Å²) in [6.45, 7) is 12.7. The lowest BCUT2D eigenvalue weighted by Crippen LogP contribution is -2.16. The average molecular weight is 431 g/mol. The quantitative estimate of drug-likeness (QED) is 0.453. The van der Waals surface area contributed by atoms with E-state index in [-0.39, 0.29) is 5.41 Å². The van der Waals surface area contributed by atoms with Gasteiger partial charge in [-0.1, -0.05) is 74.5 Å². The van der Waals surface area contributed by atoms with Crippen molar-refractivity contribution in [2.24, 2.45) is 0 Å². The SMILES string of the molecule is Cc1cc(-c2nc(-c3ccc(C(C)(C)C)cc3)no2)nn1Cc1cccc(C(C)(C)O)c1. The molecule has 1 N–H and O–H groups in total. The van der Waals surface area contributed by atoms with Gasteiger partial charge in [0, 0.05) is 11.3 Å². The van der Waals surface area contributed by atoms with Crippen molar-refractivity contribution in [1.82, 2.24) is 19.9 Å². The van der Waals surface area contributed by atoms with Gasteiger partial charge in [0.15, 0.2) is 5.69 Å². The van der Waals surface area contributed by atoms with Crippen molar-refractivity contribution >= 4 is 0 Å². The van der Waals surface area contributed by atoms with Crippen LogP contribution in [0.2, 0.25) is 0 Å². The van der Waals surface area contributed by atoms with Crippen molar-refractivity contribution in [3.8, 4) is 23.0 Å². The maximum atomic E-state index is 10.3. The van der Waals surface area contributed by atoms with Gasteiger partial charge >= 0.3 is 0 Å². The van der Waals surface area contributed by atoms with Crippen LogP contribution in [-0.4, -0.2) is 25.0 Å². The van der Waals surface area contributed by atoms with Gasteiger partial charge < -0.3 is 9.63 Å². The van der Waals surface area contributed by atoms with Crippen LogP contribution in [0.4, 0.5) is 0 Å². The molecule has 0 amide bonds. The maximum absolute atomic E-state index is 10.3. The third kappa shape index (κ3) is 4.65. The Bertz CT molecular complexity index is 1220. The molecule has 32 heavy (non-hydrogen) atoms. The summed E-state index contributed by atoms with van der Waals surface area (Å²) in [5.41, 5.74) is 4.95. The summed E-state index contributed by atoms with van der Waals surface area (Å²) in [7, 11) is 0. The minimum absolute atomic E-state index is 0.0950. The van der Waals surface area contributed by atoms with E-state index in [9.17, 15) is 5.11 Å². The molecule has 0 spiro atoms. The fourth-order valence-corrected chi connectivity index (χ4v) is 3.56. The first-order valence-corrected chi connectivity index (χ1v) is 10.8. The molecule has 0 aliphatic carbocycles. The van der Waals surface area contributed by atoms with E-state index in [0.717, 1.165) is 22.4 Å². The lowest BCUT2D eigenvalue weighted by molar-refractivity contribution is 0.0785. The van der Waals surface area contributed by atoms with Gasteiger partial charge in [-0.15, -0.1) is 0 Å². The normalized spacial score (nSPS) is 12.3. The maximum Gasteiger partial charge on any atom is 0.278 e. The first-order chi connectivity index (χ1) is 15.0. The van der Waals surface area contributed by atoms with Crippen LogP contribution in [0.1, 0.15) is 57.0 Å². The third-order valence-electron chi connectivity index (χ3n) is 5.60. The second-order valence-corrected chi connectivity index (χ2v) is 9.84. The lowest BCUT2D eigenvalue weighted by Gasteiger charge is -2.18. The summed E-state index contributed by atoms with van der Waals surface area (Å²) in [5, 5.41) is 19.1. The number of aliphatic hydroxyl groups is 1. The number of rotatable bonds is 5. The van der Waals surface area contributed by atoms with E-state index in [4.69, 9.17) is 4.52 Å². The molecule has 166 valence electrons. The van der Waals surface area contributed by atoms with E-state index in [1.807, 2.05) is 54.1 Å². The summed E-state index contributed by atoms with van der Waals surface area (Å²) in [4.78, 5) is 4.56. The highest BCUT2D eigenvalue weighted by atomic mass is 16.5. The summed E-state index contributed by atoms with van der Waals surface area (Å²) in [5.74, 6) is 0.942. The van der Waals surface area contributed by atoms with Gasteiger partial charge in [0.05, 0.1) is 12.1 Å². The summed E-state index contributed by atoms with van der Waals surface area (Å²) in [6, 6.07) is 18.1. The molecule has 4 rings (SSSR count). The molecule has 0 unspecified atom stereocenters. The largest absolute Gasteiger partial charge is 0.386 e. The van der Waals surface area contributed by atoms with Crippen LogP contribution in [0.15, 0.2) is 59.1 Å². The highest BCUT2D eigenvalue weighted by Gasteiger charge is 2.18. The highest BCUT2D eigenvalue weighted by Crippen LogP contribution is 2.27. The number of aromatic nitrogens is 4. The second kappa shape index (κ2) is 8.02. The van der Waals surface area contributed by atoms with Gasteiger partial charge in [0.2, 0.25) is 5.82 Å². The standard InChI is InChI=1S/C26H30N4O2/c1-17-14-22(28-30(17)16-18-8-7-9-21(15-18)26(5,6)31)24-27-23(29-32-24)19-10-12-20(13-11-19)25(2,3)4/h7-15,31H,16H2,1-6H3. The van der Waals surface area contributed by atoms with Crippen molar-refractivity contribution in [3.63, 3.8) is 0 Å². The molecular weight excluding hydrogens is 400 g/mol. The molecule has 0 radical (unpaired) electrons. The fraction of sp³-hybridized carbons (Fsp3) is 0.346. The molecule has 2 aromatic carbocycles. The van der Waals surface area contributed by atoms with Crippen LogP contribution in [0, 0.1) is 6.92 Å². The summed E-state index contributed by atoms with van der Waals surface area (Å²) >= 11 is 0. The molecule has 0 bridgehead atoms. The molecule has 0 aliphatic rings. The first kappa shape index (κ1) is 22.0.